The zero-order valence-electron chi connectivity index (χ0n) is 9.96. The largest absolute Gasteiger partial charge is 0.283 e. The van der Waals surface area contributed by atoms with Gasteiger partial charge >= 0.3 is 0 Å². The third-order valence-electron chi connectivity index (χ3n) is 1.99. The molecule has 0 saturated carbocycles. The molecule has 0 aromatic heterocycles. The molecule has 0 bridgehead atoms. The van der Waals surface area contributed by atoms with Gasteiger partial charge in [0.2, 0.25) is 0 Å². The van der Waals surface area contributed by atoms with Gasteiger partial charge < -0.3 is 0 Å². The molecule has 1 amide bonds. The highest BCUT2D eigenvalue weighted by Crippen LogP contribution is 2.00. The van der Waals surface area contributed by atoms with Crippen molar-refractivity contribution in [1.82, 2.24) is 10.6 Å². The van der Waals surface area contributed by atoms with Crippen molar-refractivity contribution in [2.75, 3.05) is 14.2 Å². The summed E-state index contributed by atoms with van der Waals surface area (Å²) in [6, 6.07) is 9.86. The molecule has 0 fully saturated rings. The first-order valence-corrected chi connectivity index (χ1v) is 5.20. The number of allylic oxidation sites excluding steroid dienone is 2. The molecule has 0 aliphatic heterocycles. The van der Waals surface area contributed by atoms with E-state index in [1.807, 2.05) is 42.5 Å². The summed E-state index contributed by atoms with van der Waals surface area (Å²) in [6.45, 7) is 0. The van der Waals surface area contributed by atoms with Crippen LogP contribution in [0.2, 0.25) is 0 Å². The maximum Gasteiger partial charge on any atom is 0.260 e. The average Bonchev–Trinajstić information content (AvgIpc) is 2.36. The second-order valence-electron chi connectivity index (χ2n) is 3.29. The van der Waals surface area contributed by atoms with E-state index in [2.05, 4.69) is 5.43 Å². The van der Waals surface area contributed by atoms with E-state index in [0.29, 0.717) is 0 Å². The van der Waals surface area contributed by atoms with Crippen LogP contribution in [0.4, 0.5) is 0 Å². The Balaban J connectivity index is 2.40. The minimum absolute atomic E-state index is 0.243. The number of hydrazine groups is 1. The van der Waals surface area contributed by atoms with Crippen molar-refractivity contribution in [2.24, 2.45) is 0 Å². The highest BCUT2D eigenvalue weighted by Gasteiger charge is 1.97. The van der Waals surface area contributed by atoms with Gasteiger partial charge in [-0.05, 0) is 5.56 Å². The molecular formula is C13H16N2O2. The van der Waals surface area contributed by atoms with Crippen LogP contribution in [0.3, 0.4) is 0 Å². The van der Waals surface area contributed by atoms with Crippen LogP contribution in [0.25, 0.3) is 6.08 Å². The average molecular weight is 232 g/mol. The summed E-state index contributed by atoms with van der Waals surface area (Å²) >= 11 is 0. The molecule has 0 aliphatic carbocycles. The number of carbonyl (C=O) groups excluding carboxylic acids is 1. The number of hydrogen-bond donors (Lipinski definition) is 1. The molecule has 1 rings (SSSR count). The molecule has 0 aliphatic rings. The van der Waals surface area contributed by atoms with Crippen LogP contribution in [0, 0.1) is 0 Å². The van der Waals surface area contributed by atoms with Gasteiger partial charge in [0.15, 0.2) is 0 Å². The lowest BCUT2D eigenvalue weighted by atomic mass is 10.2. The number of benzene rings is 1. The first kappa shape index (κ1) is 13.2. The summed E-state index contributed by atoms with van der Waals surface area (Å²) in [5, 5.41) is 1.23. The number of hydroxylamine groups is 1. The van der Waals surface area contributed by atoms with Crippen LogP contribution in [0.5, 0.6) is 0 Å². The van der Waals surface area contributed by atoms with Crippen LogP contribution in [0.1, 0.15) is 5.56 Å². The topological polar surface area (TPSA) is 41.6 Å². The molecule has 0 radical (unpaired) electrons. The number of nitrogens with zero attached hydrogens (tertiary/aromatic N) is 1. The Bertz CT molecular complexity index is 399. The van der Waals surface area contributed by atoms with E-state index >= 15 is 0 Å². The van der Waals surface area contributed by atoms with Crippen molar-refractivity contribution < 1.29 is 9.63 Å². The summed E-state index contributed by atoms with van der Waals surface area (Å²) in [4.78, 5) is 16.0. The van der Waals surface area contributed by atoms with Crippen molar-refractivity contribution in [2.45, 2.75) is 0 Å². The fourth-order valence-corrected chi connectivity index (χ4v) is 1.11. The monoisotopic (exact) mass is 232 g/mol. The smallest absolute Gasteiger partial charge is 0.260 e. The van der Waals surface area contributed by atoms with E-state index in [0.717, 1.165) is 5.56 Å². The van der Waals surface area contributed by atoms with Gasteiger partial charge in [0.1, 0.15) is 0 Å². The highest BCUT2D eigenvalue weighted by molar-refractivity contribution is 5.87. The van der Waals surface area contributed by atoms with Gasteiger partial charge in [-0.3, -0.25) is 15.1 Å². The molecule has 0 spiro atoms. The van der Waals surface area contributed by atoms with Crippen molar-refractivity contribution in [3.8, 4) is 0 Å². The van der Waals surface area contributed by atoms with Crippen molar-refractivity contribution >= 4 is 12.0 Å². The molecule has 0 heterocycles. The number of amides is 1. The third kappa shape index (κ3) is 5.65. The zero-order chi connectivity index (χ0) is 12.5. The van der Waals surface area contributed by atoms with Gasteiger partial charge in [0.05, 0.1) is 7.11 Å². The minimum Gasteiger partial charge on any atom is -0.283 e. The van der Waals surface area contributed by atoms with E-state index in [1.165, 1.54) is 18.4 Å². The Hall–Kier alpha value is -1.91. The zero-order valence-corrected chi connectivity index (χ0v) is 9.96. The Morgan fingerprint density at radius 1 is 1.29 bits per heavy atom. The fourth-order valence-electron chi connectivity index (χ4n) is 1.11. The van der Waals surface area contributed by atoms with Crippen LogP contribution < -0.4 is 5.43 Å². The predicted octanol–water partition coefficient (Wildman–Crippen LogP) is 1.78. The minimum atomic E-state index is -0.243. The van der Waals surface area contributed by atoms with E-state index in [1.54, 1.807) is 13.1 Å². The van der Waals surface area contributed by atoms with Crippen LogP contribution in [0.15, 0.2) is 48.6 Å². The van der Waals surface area contributed by atoms with Crippen molar-refractivity contribution in [1.29, 1.82) is 0 Å². The lowest BCUT2D eigenvalue weighted by molar-refractivity contribution is -0.163. The lowest BCUT2D eigenvalue weighted by Gasteiger charge is -2.12. The van der Waals surface area contributed by atoms with E-state index in [-0.39, 0.29) is 5.91 Å². The van der Waals surface area contributed by atoms with E-state index in [9.17, 15) is 4.79 Å². The molecule has 4 nitrogen and oxygen atoms in total. The maximum absolute atomic E-state index is 11.3. The van der Waals surface area contributed by atoms with Gasteiger partial charge in [-0.25, -0.2) is 0 Å². The molecular weight excluding hydrogens is 216 g/mol. The molecule has 4 heteroatoms. The highest BCUT2D eigenvalue weighted by atomic mass is 16.7. The van der Waals surface area contributed by atoms with Gasteiger partial charge in [-0.15, -0.1) is 5.17 Å². The Kier molecular flexibility index (Phi) is 5.71. The summed E-state index contributed by atoms with van der Waals surface area (Å²) in [7, 11) is 3.07. The fraction of sp³-hybridized carbons (Fsp3) is 0.154. The van der Waals surface area contributed by atoms with Crippen molar-refractivity contribution in [3.63, 3.8) is 0 Å². The summed E-state index contributed by atoms with van der Waals surface area (Å²) in [5.41, 5.74) is 3.57. The molecule has 17 heavy (non-hydrogen) atoms. The van der Waals surface area contributed by atoms with E-state index < -0.39 is 0 Å². The van der Waals surface area contributed by atoms with Crippen LogP contribution >= 0.6 is 0 Å². The maximum atomic E-state index is 11.3. The molecule has 1 aromatic rings. The van der Waals surface area contributed by atoms with E-state index in [4.69, 9.17) is 4.84 Å². The Morgan fingerprint density at radius 2 is 2.00 bits per heavy atom. The van der Waals surface area contributed by atoms with Crippen molar-refractivity contribution in [3.05, 3.63) is 54.1 Å². The molecule has 90 valence electrons. The number of hydrogen-bond acceptors (Lipinski definition) is 3. The normalized spacial score (nSPS) is 11.5. The lowest BCUT2D eigenvalue weighted by Crippen LogP contribution is -2.37. The second-order valence-corrected chi connectivity index (χ2v) is 3.29. The molecule has 1 N–H and O–H groups in total. The molecule has 0 saturated heterocycles. The first-order chi connectivity index (χ1) is 8.22. The van der Waals surface area contributed by atoms with Crippen LogP contribution in [-0.2, 0) is 9.63 Å². The van der Waals surface area contributed by atoms with Gasteiger partial charge in [-0.1, -0.05) is 48.6 Å². The number of carbonyl (C=O) groups is 1. The molecule has 1 aromatic carbocycles. The Labute approximate surface area is 101 Å². The van der Waals surface area contributed by atoms with Gasteiger partial charge in [-0.2, -0.15) is 0 Å². The Morgan fingerprint density at radius 3 is 2.65 bits per heavy atom. The number of nitrogens with one attached hydrogen (secondary N) is 1. The summed E-state index contributed by atoms with van der Waals surface area (Å²) in [5.74, 6) is -0.243. The first-order valence-electron chi connectivity index (χ1n) is 5.20. The molecule has 0 unspecified atom stereocenters. The summed E-state index contributed by atoms with van der Waals surface area (Å²) in [6.07, 6.45) is 6.83. The number of rotatable bonds is 5. The van der Waals surface area contributed by atoms with Crippen LogP contribution in [-0.4, -0.2) is 25.2 Å². The molecule has 0 atom stereocenters. The SMILES string of the molecule is CON(C)NC(=O)/C=C/C=C/c1ccccc1. The summed E-state index contributed by atoms with van der Waals surface area (Å²) < 4.78 is 0. The quantitative estimate of drug-likeness (QED) is 0.478. The standard InChI is InChI=1S/C13H16N2O2/c1-15(17-2)14-13(16)11-7-6-10-12-8-4-3-5-9-12/h3-11H,1-2H3,(H,14,16)/b10-6+,11-7+. The second kappa shape index (κ2) is 7.38. The van der Waals surface area contributed by atoms with Gasteiger partial charge in [0, 0.05) is 13.1 Å². The third-order valence-corrected chi connectivity index (χ3v) is 1.99. The van der Waals surface area contributed by atoms with Gasteiger partial charge in [0.25, 0.3) is 5.91 Å². The predicted molar refractivity (Wildman–Crippen MR) is 67.5 cm³/mol.